The van der Waals surface area contributed by atoms with Crippen molar-refractivity contribution in [3.05, 3.63) is 70.8 Å². The highest BCUT2D eigenvalue weighted by Gasteiger charge is 2.25. The van der Waals surface area contributed by atoms with Gasteiger partial charge in [-0.2, -0.15) is 0 Å². The topological polar surface area (TPSA) is 89.8 Å². The minimum atomic E-state index is -3.92. The number of non-ortho nitro benzene ring substituents is 1. The molecule has 2 rings (SSSR count). The van der Waals surface area contributed by atoms with Gasteiger partial charge in [-0.25, -0.2) is 8.42 Å². The van der Waals surface area contributed by atoms with Gasteiger partial charge in [0, 0.05) is 12.1 Å². The Balaban J connectivity index is 2.55. The third-order valence-corrected chi connectivity index (χ3v) is 5.37. The number of rotatable bonds is 7. The monoisotopic (exact) mass is 362 g/mol. The third-order valence-electron chi connectivity index (χ3n) is 3.58. The van der Waals surface area contributed by atoms with Gasteiger partial charge in [0.05, 0.1) is 29.2 Å². The van der Waals surface area contributed by atoms with E-state index in [9.17, 15) is 18.5 Å². The molecule has 0 saturated heterocycles. The zero-order valence-electron chi connectivity index (χ0n) is 13.9. The number of benzene rings is 2. The highest BCUT2D eigenvalue weighted by atomic mass is 32.2. The molecule has 0 aliphatic rings. The summed E-state index contributed by atoms with van der Waals surface area (Å²) in [5.74, 6) is 0.574. The van der Waals surface area contributed by atoms with Gasteiger partial charge in [0.25, 0.3) is 15.7 Å². The van der Waals surface area contributed by atoms with Crippen LogP contribution in [0.25, 0.3) is 0 Å². The van der Waals surface area contributed by atoms with Crippen molar-refractivity contribution in [1.29, 1.82) is 0 Å². The molecule has 0 aliphatic carbocycles. The minimum Gasteiger partial charge on any atom is -0.496 e. The number of ether oxygens (including phenoxy) is 1. The number of hydrogen-bond donors (Lipinski definition) is 0. The number of aryl methyl sites for hydroxylation is 1. The van der Waals surface area contributed by atoms with Crippen molar-refractivity contribution in [2.45, 2.75) is 11.8 Å². The van der Waals surface area contributed by atoms with Crippen LogP contribution in [0.5, 0.6) is 5.75 Å². The van der Waals surface area contributed by atoms with Gasteiger partial charge in [-0.15, -0.1) is 6.58 Å². The molecule has 0 heterocycles. The van der Waals surface area contributed by atoms with Gasteiger partial charge in [0.2, 0.25) is 0 Å². The second kappa shape index (κ2) is 7.35. The lowest BCUT2D eigenvalue weighted by Gasteiger charge is -2.23. The van der Waals surface area contributed by atoms with Gasteiger partial charge in [-0.05, 0) is 36.8 Å². The molecule has 0 bridgehead atoms. The minimum absolute atomic E-state index is 0.0193. The van der Waals surface area contributed by atoms with Crippen LogP contribution in [0.15, 0.2) is 60.0 Å². The molecule has 0 N–H and O–H groups in total. The smallest absolute Gasteiger partial charge is 0.271 e. The van der Waals surface area contributed by atoms with Crippen LogP contribution >= 0.6 is 0 Å². The van der Waals surface area contributed by atoms with Crippen LogP contribution in [0.4, 0.5) is 11.4 Å². The molecule has 8 heteroatoms. The predicted octanol–water partition coefficient (Wildman–Crippen LogP) is 3.29. The number of nitrogens with zero attached hydrogens (tertiary/aromatic N) is 2. The summed E-state index contributed by atoms with van der Waals surface area (Å²) in [6.07, 6.45) is 1.42. The maximum Gasteiger partial charge on any atom is 0.271 e. The van der Waals surface area contributed by atoms with E-state index in [1.807, 2.05) is 0 Å². The standard InChI is InChI=1S/C17H18N2O5S/c1-4-10-18(14-6-5-7-15(12-14)19(20)21)25(22,23)16-8-9-17(24-3)13(2)11-16/h4-9,11-12H,1,10H2,2-3H3. The van der Waals surface area contributed by atoms with Crippen molar-refractivity contribution < 1.29 is 18.1 Å². The van der Waals surface area contributed by atoms with Crippen molar-refractivity contribution in [3.8, 4) is 5.75 Å². The number of nitro groups is 1. The largest absolute Gasteiger partial charge is 0.496 e. The van der Waals surface area contributed by atoms with Crippen LogP contribution in [0, 0.1) is 17.0 Å². The molecule has 132 valence electrons. The molecule has 0 atom stereocenters. The highest BCUT2D eigenvalue weighted by Crippen LogP contribution is 2.29. The summed E-state index contributed by atoms with van der Waals surface area (Å²) in [6, 6.07) is 9.98. The van der Waals surface area contributed by atoms with E-state index in [2.05, 4.69) is 6.58 Å². The maximum atomic E-state index is 13.0. The van der Waals surface area contributed by atoms with Gasteiger partial charge in [0.15, 0.2) is 0 Å². The summed E-state index contributed by atoms with van der Waals surface area (Å²) in [5.41, 5.74) is 0.677. The lowest BCUT2D eigenvalue weighted by Crippen LogP contribution is -2.31. The second-order valence-electron chi connectivity index (χ2n) is 5.23. The van der Waals surface area contributed by atoms with E-state index in [0.717, 1.165) is 4.31 Å². The normalized spacial score (nSPS) is 11.0. The van der Waals surface area contributed by atoms with Crippen molar-refractivity contribution in [2.24, 2.45) is 0 Å². The molecule has 0 amide bonds. The maximum absolute atomic E-state index is 13.0. The first kappa shape index (κ1) is 18.5. The number of anilines is 1. The molecule has 2 aromatic carbocycles. The van der Waals surface area contributed by atoms with Crippen molar-refractivity contribution >= 4 is 21.4 Å². The molecule has 25 heavy (non-hydrogen) atoms. The van der Waals surface area contributed by atoms with Gasteiger partial charge < -0.3 is 4.74 Å². The molecule has 0 aliphatic heterocycles. The van der Waals surface area contributed by atoms with Gasteiger partial charge >= 0.3 is 0 Å². The van der Waals surface area contributed by atoms with E-state index < -0.39 is 14.9 Å². The summed E-state index contributed by atoms with van der Waals surface area (Å²) in [6.45, 7) is 5.30. The molecular weight excluding hydrogens is 344 g/mol. The Kier molecular flexibility index (Phi) is 5.43. The lowest BCUT2D eigenvalue weighted by molar-refractivity contribution is -0.384. The fraction of sp³-hybridized carbons (Fsp3) is 0.176. The summed E-state index contributed by atoms with van der Waals surface area (Å²) in [4.78, 5) is 10.5. The second-order valence-corrected chi connectivity index (χ2v) is 7.10. The Morgan fingerprint density at radius 2 is 2.00 bits per heavy atom. The van der Waals surface area contributed by atoms with Crippen LogP contribution < -0.4 is 9.04 Å². The van der Waals surface area contributed by atoms with Gasteiger partial charge in [0.1, 0.15) is 5.75 Å². The molecule has 0 aromatic heterocycles. The fourth-order valence-electron chi connectivity index (χ4n) is 2.36. The molecule has 2 aromatic rings. The summed E-state index contributed by atoms with van der Waals surface area (Å²) in [5, 5.41) is 11.0. The average molecular weight is 362 g/mol. The molecule has 0 radical (unpaired) electrons. The first-order valence-electron chi connectivity index (χ1n) is 7.34. The van der Waals surface area contributed by atoms with E-state index in [1.54, 1.807) is 13.0 Å². The SMILES string of the molecule is C=CCN(c1cccc([N+](=O)[O-])c1)S(=O)(=O)c1ccc(OC)c(C)c1. The van der Waals surface area contributed by atoms with Crippen LogP contribution in [0.2, 0.25) is 0 Å². The van der Waals surface area contributed by atoms with Crippen LogP contribution in [-0.2, 0) is 10.0 Å². The molecule has 0 spiro atoms. The predicted molar refractivity (Wildman–Crippen MR) is 95.6 cm³/mol. The number of methoxy groups -OCH3 is 1. The Morgan fingerprint density at radius 1 is 1.28 bits per heavy atom. The van der Waals surface area contributed by atoms with E-state index in [1.165, 1.54) is 49.6 Å². The fourth-order valence-corrected chi connectivity index (χ4v) is 3.87. The Morgan fingerprint density at radius 3 is 2.56 bits per heavy atom. The molecule has 0 fully saturated rings. The third kappa shape index (κ3) is 3.80. The Bertz CT molecular complexity index is 909. The quantitative estimate of drug-likeness (QED) is 0.428. The molecule has 0 unspecified atom stereocenters. The number of nitro benzene ring substituents is 1. The van der Waals surface area contributed by atoms with Gasteiger partial charge in [-0.1, -0.05) is 12.1 Å². The van der Waals surface area contributed by atoms with Gasteiger partial charge in [-0.3, -0.25) is 14.4 Å². The number of hydrogen-bond acceptors (Lipinski definition) is 5. The lowest BCUT2D eigenvalue weighted by atomic mass is 10.2. The van der Waals surface area contributed by atoms with Crippen molar-refractivity contribution in [3.63, 3.8) is 0 Å². The Labute approximate surface area is 146 Å². The van der Waals surface area contributed by atoms with Crippen molar-refractivity contribution in [1.82, 2.24) is 0 Å². The Hall–Kier alpha value is -2.87. The van der Waals surface area contributed by atoms with Crippen molar-refractivity contribution in [2.75, 3.05) is 18.0 Å². The van der Waals surface area contributed by atoms with Crippen LogP contribution in [0.3, 0.4) is 0 Å². The van der Waals surface area contributed by atoms with Crippen LogP contribution in [0.1, 0.15) is 5.56 Å². The highest BCUT2D eigenvalue weighted by molar-refractivity contribution is 7.92. The molecule has 7 nitrogen and oxygen atoms in total. The number of sulfonamides is 1. The van der Waals surface area contributed by atoms with E-state index in [0.29, 0.717) is 11.3 Å². The summed E-state index contributed by atoms with van der Waals surface area (Å²) in [7, 11) is -2.42. The summed E-state index contributed by atoms with van der Waals surface area (Å²) < 4.78 is 32.3. The van der Waals surface area contributed by atoms with E-state index in [-0.39, 0.29) is 22.8 Å². The van der Waals surface area contributed by atoms with Crippen LogP contribution in [-0.4, -0.2) is 27.0 Å². The van der Waals surface area contributed by atoms with E-state index in [4.69, 9.17) is 4.74 Å². The zero-order valence-corrected chi connectivity index (χ0v) is 14.7. The van der Waals surface area contributed by atoms with E-state index >= 15 is 0 Å². The zero-order chi connectivity index (χ0) is 18.6. The molecule has 0 saturated carbocycles. The first-order valence-corrected chi connectivity index (χ1v) is 8.78. The summed E-state index contributed by atoms with van der Waals surface area (Å²) >= 11 is 0. The first-order chi connectivity index (χ1) is 11.8. The molecular formula is C17H18N2O5S. The average Bonchev–Trinajstić information content (AvgIpc) is 2.59.